The Morgan fingerprint density at radius 2 is 1.90 bits per heavy atom. The van der Waals surface area contributed by atoms with Crippen LogP contribution in [0.4, 0.5) is 0 Å². The molecule has 1 saturated carbocycles. The quantitative estimate of drug-likeness (QED) is 0.315. The van der Waals surface area contributed by atoms with Crippen molar-refractivity contribution in [3.05, 3.63) is 10.1 Å². The Labute approximate surface area is 128 Å². The van der Waals surface area contributed by atoms with E-state index in [1.807, 2.05) is 0 Å². The fourth-order valence-corrected chi connectivity index (χ4v) is 3.99. The summed E-state index contributed by atoms with van der Waals surface area (Å²) in [6.07, 6.45) is 14.0. The second-order valence-corrected chi connectivity index (χ2v) is 6.94. The summed E-state index contributed by atoms with van der Waals surface area (Å²) in [5, 5.41) is 11.1. The van der Waals surface area contributed by atoms with Crippen LogP contribution in [-0.2, 0) is 4.74 Å². The smallest absolute Gasteiger partial charge is 0.213 e. The molecule has 1 heterocycles. The van der Waals surface area contributed by atoms with Gasteiger partial charge in [-0.25, -0.2) is 0 Å². The molecule has 0 amide bonds. The summed E-state index contributed by atoms with van der Waals surface area (Å²) >= 11 is 0. The van der Waals surface area contributed by atoms with Gasteiger partial charge in [0.1, 0.15) is 0 Å². The summed E-state index contributed by atoms with van der Waals surface area (Å²) in [7, 11) is 0. The van der Waals surface area contributed by atoms with Crippen molar-refractivity contribution in [1.82, 2.24) is 0 Å². The van der Waals surface area contributed by atoms with Crippen molar-refractivity contribution in [1.29, 1.82) is 0 Å². The Balaban J connectivity index is 1.58. The molecule has 1 aliphatic heterocycles. The van der Waals surface area contributed by atoms with E-state index in [2.05, 4.69) is 6.92 Å². The van der Waals surface area contributed by atoms with Gasteiger partial charge < -0.3 is 4.74 Å². The first-order chi connectivity index (χ1) is 10.2. The normalized spacial score (nSPS) is 28.9. The predicted molar refractivity (Wildman–Crippen MR) is 84.0 cm³/mol. The summed E-state index contributed by atoms with van der Waals surface area (Å²) in [6, 6.07) is -0.329. The van der Waals surface area contributed by atoms with E-state index in [1.54, 1.807) is 0 Å². The minimum atomic E-state index is -0.329. The van der Waals surface area contributed by atoms with Gasteiger partial charge in [-0.05, 0) is 44.4 Å². The average molecular weight is 297 g/mol. The monoisotopic (exact) mass is 297 g/mol. The first kappa shape index (κ1) is 16.7. The van der Waals surface area contributed by atoms with Crippen molar-refractivity contribution in [3.8, 4) is 0 Å². The van der Waals surface area contributed by atoms with Crippen LogP contribution in [0.2, 0.25) is 0 Å². The molecule has 4 nitrogen and oxygen atoms in total. The highest BCUT2D eigenvalue weighted by Gasteiger charge is 2.40. The molecule has 0 aromatic rings. The van der Waals surface area contributed by atoms with E-state index in [9.17, 15) is 10.1 Å². The van der Waals surface area contributed by atoms with Crippen LogP contribution < -0.4 is 0 Å². The molecule has 4 unspecified atom stereocenters. The zero-order chi connectivity index (χ0) is 15.1. The molecule has 1 aliphatic carbocycles. The fraction of sp³-hybridized carbons (Fsp3) is 1.00. The molecule has 122 valence electrons. The van der Waals surface area contributed by atoms with Crippen molar-refractivity contribution in [2.45, 2.75) is 102 Å². The van der Waals surface area contributed by atoms with Crippen LogP contribution >= 0.6 is 0 Å². The van der Waals surface area contributed by atoms with Gasteiger partial charge in [-0.1, -0.05) is 32.6 Å². The van der Waals surface area contributed by atoms with Crippen molar-refractivity contribution in [2.24, 2.45) is 5.92 Å². The summed E-state index contributed by atoms with van der Waals surface area (Å²) in [6.45, 7) is 2.19. The van der Waals surface area contributed by atoms with E-state index in [0.29, 0.717) is 12.2 Å². The van der Waals surface area contributed by atoms with Crippen LogP contribution in [0.5, 0.6) is 0 Å². The lowest BCUT2D eigenvalue weighted by Crippen LogP contribution is -2.23. The highest BCUT2D eigenvalue weighted by Crippen LogP contribution is 2.41. The van der Waals surface area contributed by atoms with E-state index >= 15 is 0 Å². The lowest BCUT2D eigenvalue weighted by Gasteiger charge is -2.22. The summed E-state index contributed by atoms with van der Waals surface area (Å²) < 4.78 is 5.96. The third-order valence-corrected chi connectivity index (χ3v) is 5.28. The molecule has 21 heavy (non-hydrogen) atoms. The van der Waals surface area contributed by atoms with Gasteiger partial charge in [-0.2, -0.15) is 0 Å². The molecular formula is C17H31NO3. The van der Waals surface area contributed by atoms with Gasteiger partial charge in [-0.3, -0.25) is 10.1 Å². The van der Waals surface area contributed by atoms with Gasteiger partial charge in [-0.15, -0.1) is 0 Å². The van der Waals surface area contributed by atoms with Gasteiger partial charge in [0.2, 0.25) is 6.04 Å². The van der Waals surface area contributed by atoms with Gasteiger partial charge in [0.05, 0.1) is 12.2 Å². The van der Waals surface area contributed by atoms with E-state index < -0.39 is 0 Å². The van der Waals surface area contributed by atoms with Crippen molar-refractivity contribution >= 4 is 0 Å². The summed E-state index contributed by atoms with van der Waals surface area (Å²) in [5.74, 6) is 0.748. The van der Waals surface area contributed by atoms with Crippen LogP contribution in [0.1, 0.15) is 84.0 Å². The number of fused-ring (bicyclic) bond motifs is 2. The maximum Gasteiger partial charge on any atom is 0.213 e. The number of hydrogen-bond donors (Lipinski definition) is 0. The van der Waals surface area contributed by atoms with E-state index in [-0.39, 0.29) is 11.0 Å². The maximum absolute atomic E-state index is 11.1. The largest absolute Gasteiger partial charge is 0.375 e. The van der Waals surface area contributed by atoms with Crippen LogP contribution in [0.15, 0.2) is 0 Å². The van der Waals surface area contributed by atoms with Gasteiger partial charge in [0.15, 0.2) is 0 Å². The molecule has 0 radical (unpaired) electrons. The molecule has 0 spiro atoms. The number of nitro groups is 1. The number of hydrogen-bond acceptors (Lipinski definition) is 3. The van der Waals surface area contributed by atoms with Crippen LogP contribution in [0.25, 0.3) is 0 Å². The lowest BCUT2D eigenvalue weighted by molar-refractivity contribution is -0.524. The van der Waals surface area contributed by atoms with Crippen LogP contribution in [-0.4, -0.2) is 23.2 Å². The molecule has 2 rings (SSSR count). The highest BCUT2D eigenvalue weighted by molar-refractivity contribution is 4.89. The first-order valence-corrected chi connectivity index (χ1v) is 8.99. The zero-order valence-electron chi connectivity index (χ0n) is 13.5. The minimum Gasteiger partial charge on any atom is -0.375 e. The predicted octanol–water partition coefficient (Wildman–Crippen LogP) is 4.73. The number of ether oxygens (including phenoxy) is 1. The van der Waals surface area contributed by atoms with Crippen molar-refractivity contribution < 1.29 is 9.66 Å². The molecular weight excluding hydrogens is 266 g/mol. The number of nitrogens with zero attached hydrogens (tertiary/aromatic N) is 1. The molecule has 0 aromatic heterocycles. The molecule has 2 aliphatic rings. The fourth-order valence-electron chi connectivity index (χ4n) is 3.99. The topological polar surface area (TPSA) is 52.4 Å². The molecule has 0 aromatic carbocycles. The molecule has 2 bridgehead atoms. The number of rotatable bonds is 11. The molecule has 4 heteroatoms. The average Bonchev–Trinajstić information content (AvgIpc) is 3.07. The highest BCUT2D eigenvalue weighted by atomic mass is 16.6. The number of unbranched alkanes of at least 4 members (excludes halogenated alkanes) is 4. The zero-order valence-corrected chi connectivity index (χ0v) is 13.5. The molecule has 0 N–H and O–H groups in total. The molecule has 4 atom stereocenters. The van der Waals surface area contributed by atoms with Crippen molar-refractivity contribution in [3.63, 3.8) is 0 Å². The Morgan fingerprint density at radius 3 is 2.52 bits per heavy atom. The molecule has 1 saturated heterocycles. The van der Waals surface area contributed by atoms with Gasteiger partial charge in [0.25, 0.3) is 0 Å². The third-order valence-electron chi connectivity index (χ3n) is 5.28. The Morgan fingerprint density at radius 1 is 1.14 bits per heavy atom. The Bertz CT molecular complexity index is 321. The van der Waals surface area contributed by atoms with Crippen molar-refractivity contribution in [2.75, 3.05) is 0 Å². The van der Waals surface area contributed by atoms with Crippen LogP contribution in [0, 0.1) is 16.0 Å². The Kier molecular flexibility index (Phi) is 6.94. The second-order valence-electron chi connectivity index (χ2n) is 6.94. The maximum atomic E-state index is 11.1. The Hall–Kier alpha value is -0.640. The SMILES string of the molecule is CCCCCCCC(CCCC1OC2CCC1C2)[N+](=O)[O-]. The van der Waals surface area contributed by atoms with E-state index in [0.717, 1.165) is 44.4 Å². The third kappa shape index (κ3) is 5.24. The first-order valence-electron chi connectivity index (χ1n) is 8.99. The summed E-state index contributed by atoms with van der Waals surface area (Å²) in [4.78, 5) is 11.1. The van der Waals surface area contributed by atoms with Gasteiger partial charge in [0, 0.05) is 17.8 Å². The van der Waals surface area contributed by atoms with Gasteiger partial charge >= 0.3 is 0 Å². The van der Waals surface area contributed by atoms with E-state index in [1.165, 1.54) is 38.5 Å². The summed E-state index contributed by atoms with van der Waals surface area (Å²) in [5.41, 5.74) is 0. The molecule has 2 fully saturated rings. The van der Waals surface area contributed by atoms with E-state index in [4.69, 9.17) is 4.74 Å². The minimum absolute atomic E-state index is 0.0541. The van der Waals surface area contributed by atoms with Crippen LogP contribution in [0.3, 0.4) is 0 Å². The lowest BCUT2D eigenvalue weighted by atomic mass is 9.95. The second kappa shape index (κ2) is 8.72. The standard InChI is InChI=1S/C17H31NO3/c1-2-3-4-5-6-8-15(18(19)20)9-7-10-17-14-11-12-16(13-14)21-17/h14-17H,2-13H2,1H3.